The van der Waals surface area contributed by atoms with Crippen LogP contribution in [-0.4, -0.2) is 9.97 Å². The van der Waals surface area contributed by atoms with Crippen molar-refractivity contribution in [2.75, 3.05) is 0 Å². The van der Waals surface area contributed by atoms with Gasteiger partial charge in [0.25, 0.3) is 5.56 Å². The molecular weight excluding hydrogens is 220 g/mol. The molecule has 2 aromatic rings. The summed E-state index contributed by atoms with van der Waals surface area (Å²) in [6.45, 7) is 10.0. The number of hydrogen-bond acceptors (Lipinski definition) is 3. The lowest BCUT2D eigenvalue weighted by molar-refractivity contribution is 0.890. The van der Waals surface area contributed by atoms with Crippen molar-refractivity contribution in [2.45, 2.75) is 40.5 Å². The van der Waals surface area contributed by atoms with Crippen LogP contribution in [0.2, 0.25) is 0 Å². The summed E-state index contributed by atoms with van der Waals surface area (Å²) >= 11 is 1.53. The van der Waals surface area contributed by atoms with Gasteiger partial charge in [0, 0.05) is 4.88 Å². The molecule has 0 saturated heterocycles. The van der Waals surface area contributed by atoms with E-state index in [1.165, 1.54) is 16.2 Å². The monoisotopic (exact) mass is 238 g/mol. The molecule has 88 valence electrons. The number of nitrogens with one attached hydrogen (secondary N) is 1. The molecular formula is C12H18N2OS. The smallest absolute Gasteiger partial charge is 0.268 e. The van der Waals surface area contributed by atoms with Crippen LogP contribution in [0.5, 0.6) is 0 Å². The molecule has 1 N–H and O–H groups in total. The summed E-state index contributed by atoms with van der Waals surface area (Å²) in [7, 11) is 0. The molecule has 0 spiro atoms. The highest BCUT2D eigenvalue weighted by molar-refractivity contribution is 7.19. The zero-order valence-electron chi connectivity index (χ0n) is 10.4. The maximum Gasteiger partial charge on any atom is 0.268 e. The first-order valence-electron chi connectivity index (χ1n) is 5.58. The molecule has 0 unspecified atom stereocenters. The first kappa shape index (κ1) is 12.9. The summed E-state index contributed by atoms with van der Waals surface area (Å²) in [6, 6.07) is 2.01. The van der Waals surface area contributed by atoms with Crippen LogP contribution in [0.1, 0.15) is 44.3 Å². The Kier molecular flexibility index (Phi) is 4.24. The number of nitrogens with zero attached hydrogens (tertiary/aromatic N) is 1. The van der Waals surface area contributed by atoms with Gasteiger partial charge in [0.1, 0.15) is 10.5 Å². The second-order valence-electron chi connectivity index (χ2n) is 3.67. The van der Waals surface area contributed by atoms with Gasteiger partial charge >= 0.3 is 0 Å². The zero-order valence-corrected chi connectivity index (χ0v) is 11.2. The van der Waals surface area contributed by atoms with Crippen molar-refractivity contribution in [3.05, 3.63) is 27.1 Å². The van der Waals surface area contributed by atoms with E-state index in [9.17, 15) is 4.79 Å². The number of H-pyrrole nitrogens is 1. The van der Waals surface area contributed by atoms with Gasteiger partial charge in [0.15, 0.2) is 0 Å². The molecule has 0 aliphatic carbocycles. The van der Waals surface area contributed by atoms with Gasteiger partial charge in [-0.15, -0.1) is 11.3 Å². The average Bonchev–Trinajstić information content (AvgIpc) is 2.64. The Morgan fingerprint density at radius 1 is 1.38 bits per heavy atom. The molecule has 2 heterocycles. The number of aryl methyl sites for hydroxylation is 1. The SMILES string of the molecule is CC.Cc1nc2cc(C(C)C)sc2c(=O)[nH]1. The second-order valence-corrected chi connectivity index (χ2v) is 4.75. The van der Waals surface area contributed by atoms with E-state index in [1.54, 1.807) is 6.92 Å². The summed E-state index contributed by atoms with van der Waals surface area (Å²) in [5.41, 5.74) is 0.796. The Labute approximate surface area is 99.5 Å². The number of fused-ring (bicyclic) bond motifs is 1. The third kappa shape index (κ3) is 2.50. The zero-order chi connectivity index (χ0) is 12.3. The molecule has 0 saturated carbocycles. The quantitative estimate of drug-likeness (QED) is 0.827. The first-order chi connectivity index (χ1) is 7.58. The predicted octanol–water partition coefficient (Wildman–Crippen LogP) is 3.44. The highest BCUT2D eigenvalue weighted by atomic mass is 32.1. The van der Waals surface area contributed by atoms with Crippen LogP contribution in [0.3, 0.4) is 0 Å². The minimum absolute atomic E-state index is 0.0237. The van der Waals surface area contributed by atoms with Crippen LogP contribution in [0.15, 0.2) is 10.9 Å². The molecule has 0 atom stereocenters. The fraction of sp³-hybridized carbons (Fsp3) is 0.500. The van der Waals surface area contributed by atoms with Crippen LogP contribution >= 0.6 is 11.3 Å². The van der Waals surface area contributed by atoms with E-state index in [2.05, 4.69) is 23.8 Å². The second kappa shape index (κ2) is 5.25. The van der Waals surface area contributed by atoms with Crippen molar-refractivity contribution in [3.63, 3.8) is 0 Å². The molecule has 0 fully saturated rings. The molecule has 2 aromatic heterocycles. The lowest BCUT2D eigenvalue weighted by Crippen LogP contribution is -2.07. The van der Waals surface area contributed by atoms with E-state index in [0.29, 0.717) is 11.7 Å². The van der Waals surface area contributed by atoms with Gasteiger partial charge in [0.2, 0.25) is 0 Å². The minimum Gasteiger partial charge on any atom is -0.310 e. The van der Waals surface area contributed by atoms with Crippen molar-refractivity contribution in [2.24, 2.45) is 0 Å². The number of aromatic nitrogens is 2. The summed E-state index contributed by atoms with van der Waals surface area (Å²) in [6.07, 6.45) is 0. The van der Waals surface area contributed by atoms with E-state index < -0.39 is 0 Å². The highest BCUT2D eigenvalue weighted by Crippen LogP contribution is 2.27. The third-order valence-electron chi connectivity index (χ3n) is 2.09. The molecule has 2 rings (SSSR count). The summed E-state index contributed by atoms with van der Waals surface area (Å²) in [5.74, 6) is 1.13. The summed E-state index contributed by atoms with van der Waals surface area (Å²) in [4.78, 5) is 19.8. The number of aromatic amines is 1. The molecule has 0 aliphatic heterocycles. The topological polar surface area (TPSA) is 45.8 Å². The fourth-order valence-corrected chi connectivity index (χ4v) is 2.35. The van der Waals surface area contributed by atoms with Gasteiger partial charge in [-0.25, -0.2) is 4.98 Å². The Bertz CT molecular complexity index is 525. The predicted molar refractivity (Wildman–Crippen MR) is 70.4 cm³/mol. The molecule has 0 bridgehead atoms. The molecule has 0 aliphatic rings. The van der Waals surface area contributed by atoms with Gasteiger partial charge in [-0.1, -0.05) is 27.7 Å². The largest absolute Gasteiger partial charge is 0.310 e. The van der Waals surface area contributed by atoms with Crippen molar-refractivity contribution in [1.29, 1.82) is 0 Å². The maximum absolute atomic E-state index is 11.6. The van der Waals surface area contributed by atoms with Crippen LogP contribution in [-0.2, 0) is 0 Å². The van der Waals surface area contributed by atoms with Crippen molar-refractivity contribution in [3.8, 4) is 0 Å². The van der Waals surface area contributed by atoms with E-state index in [0.717, 1.165) is 10.2 Å². The van der Waals surface area contributed by atoms with Gasteiger partial charge in [-0.2, -0.15) is 0 Å². The Morgan fingerprint density at radius 3 is 2.56 bits per heavy atom. The summed E-state index contributed by atoms with van der Waals surface area (Å²) in [5, 5.41) is 0. The number of hydrogen-bond donors (Lipinski definition) is 1. The summed E-state index contributed by atoms with van der Waals surface area (Å²) < 4.78 is 0.735. The molecule has 0 aromatic carbocycles. The van der Waals surface area contributed by atoms with E-state index in [1.807, 2.05) is 19.9 Å². The molecule has 0 amide bonds. The van der Waals surface area contributed by atoms with Gasteiger partial charge in [-0.05, 0) is 18.9 Å². The van der Waals surface area contributed by atoms with E-state index in [4.69, 9.17) is 0 Å². The van der Waals surface area contributed by atoms with Crippen molar-refractivity contribution < 1.29 is 0 Å². The van der Waals surface area contributed by atoms with Crippen molar-refractivity contribution >= 4 is 21.6 Å². The normalized spacial score (nSPS) is 10.4. The maximum atomic E-state index is 11.6. The van der Waals surface area contributed by atoms with Crippen molar-refractivity contribution in [1.82, 2.24) is 9.97 Å². The lowest BCUT2D eigenvalue weighted by Gasteiger charge is -1.95. The minimum atomic E-state index is -0.0237. The third-order valence-corrected chi connectivity index (χ3v) is 3.51. The molecule has 4 heteroatoms. The Hall–Kier alpha value is -1.16. The molecule has 16 heavy (non-hydrogen) atoms. The van der Waals surface area contributed by atoms with Gasteiger partial charge < -0.3 is 4.98 Å². The molecule has 0 radical (unpaired) electrons. The molecule has 3 nitrogen and oxygen atoms in total. The first-order valence-corrected chi connectivity index (χ1v) is 6.40. The number of rotatable bonds is 1. The highest BCUT2D eigenvalue weighted by Gasteiger charge is 2.09. The lowest BCUT2D eigenvalue weighted by atomic mass is 10.2. The standard InChI is InChI=1S/C10H12N2OS.C2H6/c1-5(2)8-4-7-9(14-8)10(13)12-6(3)11-7;1-2/h4-5H,1-3H3,(H,11,12,13);1-2H3. The Balaban J connectivity index is 0.000000606. The van der Waals surface area contributed by atoms with E-state index in [-0.39, 0.29) is 5.56 Å². The van der Waals surface area contributed by atoms with Crippen LogP contribution in [0.4, 0.5) is 0 Å². The van der Waals surface area contributed by atoms with Crippen LogP contribution in [0.25, 0.3) is 10.2 Å². The number of thiophene rings is 1. The van der Waals surface area contributed by atoms with Gasteiger partial charge in [0.05, 0.1) is 5.52 Å². The van der Waals surface area contributed by atoms with Crippen LogP contribution < -0.4 is 5.56 Å². The van der Waals surface area contributed by atoms with Crippen LogP contribution in [0, 0.1) is 6.92 Å². The van der Waals surface area contributed by atoms with E-state index >= 15 is 0 Å². The Morgan fingerprint density at radius 2 is 2.00 bits per heavy atom. The fourth-order valence-electron chi connectivity index (χ4n) is 1.36. The average molecular weight is 238 g/mol. The van der Waals surface area contributed by atoms with Gasteiger partial charge in [-0.3, -0.25) is 4.79 Å².